The molecule has 7 N–H and O–H groups in total. The fourth-order valence-corrected chi connectivity index (χ4v) is 7.11. The van der Waals surface area contributed by atoms with Gasteiger partial charge in [0.1, 0.15) is 42.7 Å². The lowest BCUT2D eigenvalue weighted by atomic mass is 9.85. The first-order valence-electron chi connectivity index (χ1n) is 16.2. The summed E-state index contributed by atoms with van der Waals surface area (Å²) in [5.74, 6) is -1.91. The van der Waals surface area contributed by atoms with E-state index in [0.29, 0.717) is 6.42 Å². The molecule has 4 rings (SSSR count). The lowest BCUT2D eigenvalue weighted by molar-refractivity contribution is -0.336. The van der Waals surface area contributed by atoms with Gasteiger partial charge in [0.05, 0.1) is 30.7 Å². The summed E-state index contributed by atoms with van der Waals surface area (Å²) < 4.78 is 30.4. The standard InChI is InChI=1S/C30H51NO13S/c1-14-7-6-10-17(26(14)44-30-25(37)24(36)22(34)15(2)40-30)42-29-21(31-20(33)13-45)27(23(35)19(12-32)43-29)41-18(28(38)39)11-16-8-4-3-5-9-16/h14-19,21-27,29-30,32,34-37,45H,3-13H2,1-2H3,(H,31,33)(H,38,39)/t14?,15?,17-,18+,19+,21?,22-,23+,24+,25?,26-,27?,29-,30+/m1/s1. The Hall–Kier alpha value is -1.11. The summed E-state index contributed by atoms with van der Waals surface area (Å²) in [5, 5.41) is 65.1. The number of thiol groups is 1. The van der Waals surface area contributed by atoms with Crippen molar-refractivity contribution < 1.29 is 63.9 Å². The van der Waals surface area contributed by atoms with Gasteiger partial charge in [0, 0.05) is 0 Å². The lowest BCUT2D eigenvalue weighted by Gasteiger charge is -2.48. The summed E-state index contributed by atoms with van der Waals surface area (Å²) in [7, 11) is 0. The smallest absolute Gasteiger partial charge is 0.332 e. The Kier molecular flexibility index (Phi) is 13.7. The highest BCUT2D eigenvalue weighted by Crippen LogP contribution is 2.36. The zero-order valence-electron chi connectivity index (χ0n) is 25.9. The molecule has 2 saturated heterocycles. The highest BCUT2D eigenvalue weighted by Gasteiger charge is 2.51. The lowest BCUT2D eigenvalue weighted by Crippen LogP contribution is -2.67. The number of aliphatic carboxylic acids is 1. The molecule has 2 heterocycles. The van der Waals surface area contributed by atoms with Gasteiger partial charge in [-0.05, 0) is 38.0 Å². The molecule has 0 bridgehead atoms. The zero-order chi connectivity index (χ0) is 32.8. The summed E-state index contributed by atoms with van der Waals surface area (Å²) in [6, 6.07) is -1.18. The van der Waals surface area contributed by atoms with Gasteiger partial charge >= 0.3 is 5.97 Å². The number of nitrogens with one attached hydrogen (secondary N) is 1. The normalized spacial score (nSPS) is 42.2. The van der Waals surface area contributed by atoms with Gasteiger partial charge < -0.3 is 59.6 Å². The quantitative estimate of drug-likeness (QED) is 0.126. The maximum Gasteiger partial charge on any atom is 0.332 e. The highest BCUT2D eigenvalue weighted by atomic mass is 32.1. The predicted octanol–water partition coefficient (Wildman–Crippen LogP) is -0.294. The van der Waals surface area contributed by atoms with Gasteiger partial charge in [-0.2, -0.15) is 12.6 Å². The molecule has 2 aliphatic carbocycles. The van der Waals surface area contributed by atoms with E-state index in [9.17, 15) is 40.2 Å². The van der Waals surface area contributed by atoms with Crippen LogP contribution in [0.25, 0.3) is 0 Å². The van der Waals surface area contributed by atoms with Gasteiger partial charge in [-0.25, -0.2) is 4.79 Å². The second-order valence-corrected chi connectivity index (χ2v) is 13.3. The van der Waals surface area contributed by atoms with Crippen molar-refractivity contribution in [3.63, 3.8) is 0 Å². The van der Waals surface area contributed by atoms with Crippen molar-refractivity contribution in [2.24, 2.45) is 11.8 Å². The van der Waals surface area contributed by atoms with E-state index >= 15 is 0 Å². The first-order chi connectivity index (χ1) is 21.4. The van der Waals surface area contributed by atoms with Crippen molar-refractivity contribution in [1.82, 2.24) is 5.32 Å². The number of amides is 1. The molecule has 0 aromatic rings. The molecule has 4 fully saturated rings. The fraction of sp³-hybridized carbons (Fsp3) is 0.933. The minimum atomic E-state index is -1.52. The largest absolute Gasteiger partial charge is 0.479 e. The molecule has 4 aliphatic rings. The topological polar surface area (TPSA) is 214 Å². The molecule has 1 amide bonds. The van der Waals surface area contributed by atoms with E-state index < -0.39 is 98.1 Å². The molecule has 0 radical (unpaired) electrons. The van der Waals surface area contributed by atoms with Crippen molar-refractivity contribution >= 4 is 24.5 Å². The average molecular weight is 666 g/mol. The Bertz CT molecular complexity index is 957. The molecule has 14 nitrogen and oxygen atoms in total. The van der Waals surface area contributed by atoms with Crippen molar-refractivity contribution in [2.45, 2.75) is 151 Å². The van der Waals surface area contributed by atoms with Gasteiger partial charge in [0.25, 0.3) is 0 Å². The average Bonchev–Trinajstić information content (AvgIpc) is 3.02. The SMILES string of the molecule is CC1O[C@@H](O[C@@H]2C(C)CCC[C@H]2O[C@@H]2O[C@@H](CO)[C@H](O)C(O[C@@H](CC3CCCCC3)C(=O)O)C2NC(=O)CS)C(O)[C@@H](O)[C@@H]1O. The Morgan fingerprint density at radius 2 is 1.58 bits per heavy atom. The van der Waals surface area contributed by atoms with Crippen LogP contribution in [0.1, 0.15) is 71.6 Å². The molecule has 0 spiro atoms. The Morgan fingerprint density at radius 3 is 2.22 bits per heavy atom. The maximum absolute atomic E-state index is 12.6. The number of carbonyl (C=O) groups excluding carboxylic acids is 1. The molecule has 0 aromatic carbocycles. The van der Waals surface area contributed by atoms with Crippen LogP contribution in [0, 0.1) is 11.8 Å². The van der Waals surface area contributed by atoms with Crippen molar-refractivity contribution in [2.75, 3.05) is 12.4 Å². The van der Waals surface area contributed by atoms with E-state index in [1.807, 2.05) is 6.92 Å². The van der Waals surface area contributed by atoms with E-state index in [1.165, 1.54) is 0 Å². The van der Waals surface area contributed by atoms with E-state index in [0.717, 1.165) is 44.9 Å². The number of ether oxygens (including phenoxy) is 5. The van der Waals surface area contributed by atoms with Crippen molar-refractivity contribution in [1.29, 1.82) is 0 Å². The van der Waals surface area contributed by atoms with Gasteiger partial charge in [0.15, 0.2) is 18.7 Å². The molecule has 0 aromatic heterocycles. The third kappa shape index (κ3) is 9.08. The second-order valence-electron chi connectivity index (χ2n) is 13.0. The molecule has 260 valence electrons. The third-order valence-electron chi connectivity index (χ3n) is 9.68. The number of carboxylic acid groups (broad SMARTS) is 1. The number of aliphatic hydroxyl groups is 5. The van der Waals surface area contributed by atoms with Crippen LogP contribution >= 0.6 is 12.6 Å². The van der Waals surface area contributed by atoms with E-state index in [1.54, 1.807) is 6.92 Å². The van der Waals surface area contributed by atoms with E-state index in [2.05, 4.69) is 17.9 Å². The summed E-state index contributed by atoms with van der Waals surface area (Å²) >= 11 is 4.06. The fourth-order valence-electron chi connectivity index (χ4n) is 7.02. The number of hydrogen-bond acceptors (Lipinski definition) is 13. The minimum absolute atomic E-state index is 0.105. The number of carboxylic acids is 1. The molecular weight excluding hydrogens is 614 g/mol. The van der Waals surface area contributed by atoms with E-state index in [-0.39, 0.29) is 24.0 Å². The van der Waals surface area contributed by atoms with Crippen molar-refractivity contribution in [3.05, 3.63) is 0 Å². The zero-order valence-corrected chi connectivity index (χ0v) is 26.8. The van der Waals surface area contributed by atoms with Gasteiger partial charge in [-0.3, -0.25) is 4.79 Å². The predicted molar refractivity (Wildman–Crippen MR) is 160 cm³/mol. The number of carbonyl (C=O) groups is 2. The van der Waals surface area contributed by atoms with Crippen molar-refractivity contribution in [3.8, 4) is 0 Å². The highest BCUT2D eigenvalue weighted by molar-refractivity contribution is 7.81. The van der Waals surface area contributed by atoms with Crippen LogP contribution in [-0.2, 0) is 33.3 Å². The van der Waals surface area contributed by atoms with E-state index in [4.69, 9.17) is 23.7 Å². The summed E-state index contributed by atoms with van der Waals surface area (Å²) in [6.45, 7) is 2.86. The Labute approximate surface area is 269 Å². The Morgan fingerprint density at radius 1 is 0.867 bits per heavy atom. The number of rotatable bonds is 12. The molecular formula is C30H51NO13S. The Balaban J connectivity index is 1.57. The monoisotopic (exact) mass is 665 g/mol. The molecule has 14 atom stereocenters. The summed E-state index contributed by atoms with van der Waals surface area (Å²) in [4.78, 5) is 25.0. The summed E-state index contributed by atoms with van der Waals surface area (Å²) in [6.07, 6.45) is -7.28. The van der Waals surface area contributed by atoms with Crippen LogP contribution < -0.4 is 5.32 Å². The first kappa shape index (κ1) is 36.7. The van der Waals surface area contributed by atoms with Gasteiger partial charge in [-0.15, -0.1) is 0 Å². The molecule has 2 saturated carbocycles. The molecule has 45 heavy (non-hydrogen) atoms. The van der Waals surface area contributed by atoms with Gasteiger partial charge in [0.2, 0.25) is 5.91 Å². The van der Waals surface area contributed by atoms with Crippen LogP contribution in [-0.4, -0.2) is 135 Å². The minimum Gasteiger partial charge on any atom is -0.479 e. The molecule has 2 aliphatic heterocycles. The number of aliphatic hydroxyl groups excluding tert-OH is 5. The van der Waals surface area contributed by atoms with Crippen LogP contribution in [0.5, 0.6) is 0 Å². The third-order valence-corrected chi connectivity index (χ3v) is 9.96. The van der Waals surface area contributed by atoms with Crippen LogP contribution in [0.3, 0.4) is 0 Å². The molecule has 15 heteroatoms. The van der Waals surface area contributed by atoms with Crippen LogP contribution in [0.15, 0.2) is 0 Å². The van der Waals surface area contributed by atoms with Crippen LogP contribution in [0.4, 0.5) is 0 Å². The van der Waals surface area contributed by atoms with Gasteiger partial charge in [-0.1, -0.05) is 45.4 Å². The maximum atomic E-state index is 12.6. The molecule has 5 unspecified atom stereocenters. The number of hydrogen-bond donors (Lipinski definition) is 8. The summed E-state index contributed by atoms with van der Waals surface area (Å²) in [5.41, 5.74) is 0. The van der Waals surface area contributed by atoms with Crippen LogP contribution in [0.2, 0.25) is 0 Å². The second kappa shape index (κ2) is 16.8. The first-order valence-corrected chi connectivity index (χ1v) is 16.8.